The lowest BCUT2D eigenvalue weighted by Gasteiger charge is -2.29. The van der Waals surface area contributed by atoms with Crippen molar-refractivity contribution in [3.05, 3.63) is 65.2 Å². The molecule has 1 aliphatic rings. The lowest BCUT2D eigenvalue weighted by Crippen LogP contribution is -2.50. The lowest BCUT2D eigenvalue weighted by atomic mass is 10.1. The van der Waals surface area contributed by atoms with Gasteiger partial charge in [-0.3, -0.25) is 9.59 Å². The summed E-state index contributed by atoms with van der Waals surface area (Å²) in [5, 5.41) is 3.12. The van der Waals surface area contributed by atoms with Crippen LogP contribution in [0.3, 0.4) is 0 Å². The maximum Gasteiger partial charge on any atom is 0.261 e. The Balaban J connectivity index is 1.70. The summed E-state index contributed by atoms with van der Waals surface area (Å²) in [6, 6.07) is 15.3. The summed E-state index contributed by atoms with van der Waals surface area (Å²) < 4.78 is 5.81. The van der Waals surface area contributed by atoms with Gasteiger partial charge in [0.1, 0.15) is 11.8 Å². The molecule has 1 fully saturated rings. The first kappa shape index (κ1) is 21.9. The van der Waals surface area contributed by atoms with Crippen LogP contribution in [0, 0.1) is 13.8 Å². The van der Waals surface area contributed by atoms with Crippen molar-refractivity contribution in [2.24, 2.45) is 0 Å². The van der Waals surface area contributed by atoms with Crippen LogP contribution in [0.4, 0.5) is 0 Å². The van der Waals surface area contributed by atoms with Crippen molar-refractivity contribution in [1.29, 1.82) is 0 Å². The smallest absolute Gasteiger partial charge is 0.261 e. The van der Waals surface area contributed by atoms with E-state index in [1.165, 1.54) is 0 Å². The van der Waals surface area contributed by atoms with Crippen LogP contribution in [0.1, 0.15) is 49.3 Å². The molecule has 3 rings (SSSR count). The monoisotopic (exact) mass is 408 g/mol. The van der Waals surface area contributed by atoms with Gasteiger partial charge in [0.25, 0.3) is 5.91 Å². The van der Waals surface area contributed by atoms with E-state index in [0.29, 0.717) is 12.3 Å². The van der Waals surface area contributed by atoms with Gasteiger partial charge in [0.2, 0.25) is 5.91 Å². The highest BCUT2D eigenvalue weighted by Crippen LogP contribution is 2.20. The van der Waals surface area contributed by atoms with Crippen molar-refractivity contribution < 1.29 is 14.3 Å². The number of carbonyl (C=O) groups excluding carboxylic acids is 2. The van der Waals surface area contributed by atoms with Gasteiger partial charge in [-0.05, 0) is 50.8 Å². The highest BCUT2D eigenvalue weighted by atomic mass is 16.5. The fourth-order valence-electron chi connectivity index (χ4n) is 3.94. The Hall–Kier alpha value is -2.82. The quantitative estimate of drug-likeness (QED) is 0.714. The Labute approximate surface area is 179 Å². The number of nitrogens with zero attached hydrogens (tertiary/aromatic N) is 1. The molecular weight excluding hydrogens is 376 g/mol. The average molecular weight is 409 g/mol. The van der Waals surface area contributed by atoms with Crippen LogP contribution in [0.25, 0.3) is 0 Å². The number of amides is 2. The molecule has 0 bridgehead atoms. The maximum atomic E-state index is 13.1. The molecule has 0 aliphatic heterocycles. The third kappa shape index (κ3) is 5.85. The molecule has 0 spiro atoms. The molecule has 1 N–H and O–H groups in total. The molecule has 0 aromatic heterocycles. The van der Waals surface area contributed by atoms with Crippen LogP contribution in [0.2, 0.25) is 0 Å². The third-order valence-electron chi connectivity index (χ3n) is 5.75. The number of aryl methyl sites for hydroxylation is 2. The summed E-state index contributed by atoms with van der Waals surface area (Å²) in [5.74, 6) is 0.391. The minimum Gasteiger partial charge on any atom is -0.483 e. The highest BCUT2D eigenvalue weighted by molar-refractivity contribution is 5.88. The zero-order chi connectivity index (χ0) is 21.5. The zero-order valence-corrected chi connectivity index (χ0v) is 18.2. The largest absolute Gasteiger partial charge is 0.483 e. The van der Waals surface area contributed by atoms with Crippen molar-refractivity contribution >= 4 is 11.8 Å². The second-order valence-corrected chi connectivity index (χ2v) is 8.23. The zero-order valence-electron chi connectivity index (χ0n) is 18.2. The van der Waals surface area contributed by atoms with Gasteiger partial charge in [-0.2, -0.15) is 0 Å². The van der Waals surface area contributed by atoms with Crippen molar-refractivity contribution in [3.8, 4) is 5.75 Å². The SMILES string of the molecule is Cc1ccc(OCC(=O)N(Cc2ccccc2)C(C)C(=O)NC2CCCC2)c(C)c1. The molecule has 2 aromatic carbocycles. The predicted octanol–water partition coefficient (Wildman–Crippen LogP) is 4.16. The van der Waals surface area contributed by atoms with Gasteiger partial charge in [0, 0.05) is 12.6 Å². The van der Waals surface area contributed by atoms with Gasteiger partial charge in [-0.25, -0.2) is 0 Å². The van der Waals surface area contributed by atoms with E-state index in [2.05, 4.69) is 5.32 Å². The summed E-state index contributed by atoms with van der Waals surface area (Å²) in [5.41, 5.74) is 3.12. The molecule has 1 unspecified atom stereocenters. The lowest BCUT2D eigenvalue weighted by molar-refractivity contribution is -0.142. The van der Waals surface area contributed by atoms with Crippen molar-refractivity contribution in [2.45, 2.75) is 65.1 Å². The highest BCUT2D eigenvalue weighted by Gasteiger charge is 2.28. The Kier molecular flexibility index (Phi) is 7.50. The van der Waals surface area contributed by atoms with E-state index < -0.39 is 6.04 Å². The van der Waals surface area contributed by atoms with Gasteiger partial charge < -0.3 is 15.0 Å². The number of carbonyl (C=O) groups is 2. The number of hydrogen-bond acceptors (Lipinski definition) is 3. The fraction of sp³-hybridized carbons (Fsp3) is 0.440. The van der Waals surface area contributed by atoms with E-state index >= 15 is 0 Å². The van der Waals surface area contributed by atoms with Crippen molar-refractivity contribution in [3.63, 3.8) is 0 Å². The summed E-state index contributed by atoms with van der Waals surface area (Å²) in [7, 11) is 0. The second-order valence-electron chi connectivity index (χ2n) is 8.23. The number of ether oxygens (including phenoxy) is 1. The first-order chi connectivity index (χ1) is 14.4. The third-order valence-corrected chi connectivity index (χ3v) is 5.75. The van der Waals surface area contributed by atoms with Gasteiger partial charge in [0.05, 0.1) is 0 Å². The van der Waals surface area contributed by atoms with Crippen molar-refractivity contribution in [1.82, 2.24) is 10.2 Å². The van der Waals surface area contributed by atoms with E-state index in [0.717, 1.165) is 42.4 Å². The number of rotatable bonds is 8. The summed E-state index contributed by atoms with van der Waals surface area (Å²) in [4.78, 5) is 27.6. The minimum absolute atomic E-state index is 0.0994. The van der Waals surface area contributed by atoms with E-state index in [4.69, 9.17) is 4.74 Å². The molecule has 1 saturated carbocycles. The maximum absolute atomic E-state index is 13.1. The van der Waals surface area contributed by atoms with Gasteiger partial charge in [0.15, 0.2) is 6.61 Å². The molecule has 1 aliphatic carbocycles. The van der Waals surface area contributed by atoms with Gasteiger partial charge >= 0.3 is 0 Å². The fourth-order valence-corrected chi connectivity index (χ4v) is 3.94. The molecule has 0 heterocycles. The first-order valence-corrected chi connectivity index (χ1v) is 10.8. The van der Waals surface area contributed by atoms with E-state index in [-0.39, 0.29) is 24.5 Å². The van der Waals surface area contributed by atoms with Gasteiger partial charge in [-0.1, -0.05) is 60.9 Å². The predicted molar refractivity (Wildman–Crippen MR) is 118 cm³/mol. The summed E-state index contributed by atoms with van der Waals surface area (Å²) in [6.45, 7) is 6.05. The molecular formula is C25H32N2O3. The normalized spacial score (nSPS) is 14.9. The van der Waals surface area contributed by atoms with Crippen LogP contribution < -0.4 is 10.1 Å². The number of benzene rings is 2. The first-order valence-electron chi connectivity index (χ1n) is 10.8. The van der Waals surface area contributed by atoms with E-state index in [9.17, 15) is 9.59 Å². The Bertz CT molecular complexity index is 860. The van der Waals surface area contributed by atoms with Crippen LogP contribution >= 0.6 is 0 Å². The Morgan fingerprint density at radius 2 is 1.80 bits per heavy atom. The molecule has 2 aromatic rings. The topological polar surface area (TPSA) is 58.6 Å². The average Bonchev–Trinajstić information content (AvgIpc) is 3.24. The summed E-state index contributed by atoms with van der Waals surface area (Å²) >= 11 is 0. The molecule has 160 valence electrons. The van der Waals surface area contributed by atoms with Crippen LogP contribution in [-0.2, 0) is 16.1 Å². The van der Waals surface area contributed by atoms with E-state index in [1.54, 1.807) is 11.8 Å². The van der Waals surface area contributed by atoms with Crippen LogP contribution in [0.15, 0.2) is 48.5 Å². The van der Waals surface area contributed by atoms with Gasteiger partial charge in [-0.15, -0.1) is 0 Å². The number of nitrogens with one attached hydrogen (secondary N) is 1. The van der Waals surface area contributed by atoms with E-state index in [1.807, 2.05) is 62.4 Å². The summed E-state index contributed by atoms with van der Waals surface area (Å²) in [6.07, 6.45) is 4.33. The number of hydrogen-bond donors (Lipinski definition) is 1. The molecule has 0 saturated heterocycles. The molecule has 1 atom stereocenters. The Morgan fingerprint density at radius 1 is 1.10 bits per heavy atom. The second kappa shape index (κ2) is 10.3. The van der Waals surface area contributed by atoms with Crippen LogP contribution in [-0.4, -0.2) is 35.4 Å². The standard InChI is InChI=1S/C25H32N2O3/c1-18-13-14-23(19(2)15-18)30-17-24(28)27(16-21-9-5-4-6-10-21)20(3)25(29)26-22-11-7-8-12-22/h4-6,9-10,13-15,20,22H,7-8,11-12,16-17H2,1-3H3,(H,26,29). The van der Waals surface area contributed by atoms with Crippen LogP contribution in [0.5, 0.6) is 5.75 Å². The Morgan fingerprint density at radius 3 is 2.47 bits per heavy atom. The minimum atomic E-state index is -0.568. The molecule has 5 heteroatoms. The molecule has 30 heavy (non-hydrogen) atoms. The van der Waals surface area contributed by atoms with Crippen molar-refractivity contribution in [2.75, 3.05) is 6.61 Å². The molecule has 0 radical (unpaired) electrons. The molecule has 5 nitrogen and oxygen atoms in total. The molecule has 2 amide bonds.